The van der Waals surface area contributed by atoms with Gasteiger partial charge >= 0.3 is 0 Å². The first-order valence-electron chi connectivity index (χ1n) is 7.68. The van der Waals surface area contributed by atoms with Gasteiger partial charge in [0.1, 0.15) is 5.82 Å². The van der Waals surface area contributed by atoms with Gasteiger partial charge in [-0.3, -0.25) is 9.59 Å². The molecular weight excluding hydrogens is 294 g/mol. The monoisotopic (exact) mass is 313 g/mol. The number of ether oxygens (including phenoxy) is 1. The first kappa shape index (κ1) is 15.3. The molecule has 0 saturated heterocycles. The highest BCUT2D eigenvalue weighted by atomic mass is 16.5. The number of fused-ring (bicyclic) bond motifs is 3. The van der Waals surface area contributed by atoms with Crippen LogP contribution in [0.25, 0.3) is 0 Å². The van der Waals surface area contributed by atoms with Gasteiger partial charge in [-0.1, -0.05) is 6.07 Å². The van der Waals surface area contributed by atoms with Crippen molar-refractivity contribution in [2.75, 3.05) is 11.9 Å². The Bertz CT molecular complexity index is 725. The van der Waals surface area contributed by atoms with Crippen LogP contribution in [-0.2, 0) is 32.6 Å². The molecule has 4 rings (SSSR count). The van der Waals surface area contributed by atoms with Gasteiger partial charge in [0.2, 0.25) is 5.91 Å². The van der Waals surface area contributed by atoms with Crippen LogP contribution in [0.1, 0.15) is 30.2 Å². The second-order valence-corrected chi connectivity index (χ2v) is 5.65. The van der Waals surface area contributed by atoms with Crippen LogP contribution in [0.15, 0.2) is 30.6 Å². The molecule has 2 aromatic rings. The largest absolute Gasteiger partial charge is 0.468 e. The van der Waals surface area contributed by atoms with Crippen LogP contribution >= 0.6 is 0 Å². The van der Waals surface area contributed by atoms with Gasteiger partial charge in [0, 0.05) is 23.7 Å². The molecule has 0 radical (unpaired) electrons. The van der Waals surface area contributed by atoms with Crippen LogP contribution < -0.4 is 5.32 Å². The van der Waals surface area contributed by atoms with E-state index in [1.165, 1.54) is 11.3 Å². The molecule has 23 heavy (non-hydrogen) atoms. The molecule has 2 aromatic heterocycles. The molecule has 3 heterocycles. The van der Waals surface area contributed by atoms with Gasteiger partial charge in [0.15, 0.2) is 0 Å². The fourth-order valence-corrected chi connectivity index (χ4v) is 3.32. The molecule has 1 spiro atoms. The van der Waals surface area contributed by atoms with E-state index in [0.717, 1.165) is 30.6 Å². The van der Waals surface area contributed by atoms with Gasteiger partial charge in [0.05, 0.1) is 12.0 Å². The number of aromatic nitrogens is 2. The summed E-state index contributed by atoms with van der Waals surface area (Å²) in [6.45, 7) is 2.66. The van der Waals surface area contributed by atoms with E-state index in [4.69, 9.17) is 0 Å². The number of pyridine rings is 1. The maximum Gasteiger partial charge on any atom is 0.293 e. The lowest BCUT2D eigenvalue weighted by Gasteiger charge is -2.31. The molecule has 0 unspecified atom stereocenters. The number of nitrogens with one attached hydrogen (secondary N) is 2. The van der Waals surface area contributed by atoms with Gasteiger partial charge in [0.25, 0.3) is 6.47 Å². The van der Waals surface area contributed by atoms with Crippen molar-refractivity contribution in [3.63, 3.8) is 0 Å². The van der Waals surface area contributed by atoms with Gasteiger partial charge in [-0.15, -0.1) is 0 Å². The number of carbonyl (C=O) groups excluding carboxylic acids is 2. The fourth-order valence-electron chi connectivity index (χ4n) is 3.32. The molecule has 2 aliphatic rings. The molecule has 0 fully saturated rings. The third-order valence-electron chi connectivity index (χ3n) is 4.45. The lowest BCUT2D eigenvalue weighted by atomic mass is 9.70. The Hall–Kier alpha value is -2.63. The van der Waals surface area contributed by atoms with Crippen LogP contribution in [0.2, 0.25) is 0 Å². The van der Waals surface area contributed by atoms with Crippen LogP contribution in [0.5, 0.6) is 0 Å². The number of aromatic amines is 1. The summed E-state index contributed by atoms with van der Waals surface area (Å²) in [4.78, 5) is 29.1. The molecule has 0 aromatic carbocycles. The normalized spacial score (nSPS) is 20.8. The molecule has 1 aliphatic heterocycles. The molecule has 1 atom stereocenters. The number of carbonyl (C=O) groups is 2. The predicted molar refractivity (Wildman–Crippen MR) is 85.1 cm³/mol. The zero-order valence-electron chi connectivity index (χ0n) is 13.0. The Kier molecular flexibility index (Phi) is 4.14. The average molecular weight is 313 g/mol. The minimum atomic E-state index is -0.404. The molecule has 1 amide bonds. The summed E-state index contributed by atoms with van der Waals surface area (Å²) in [5.41, 5.74) is 3.18. The lowest BCUT2D eigenvalue weighted by Crippen LogP contribution is -2.39. The minimum absolute atomic E-state index is 0.100. The SMILES string of the molecule is CCOC=O.O=C1Nc2ncccc2[C@@]12CCc1[nH]ccc1C2. The van der Waals surface area contributed by atoms with Crippen LogP contribution in [0, 0.1) is 0 Å². The zero-order valence-corrected chi connectivity index (χ0v) is 13.0. The summed E-state index contributed by atoms with van der Waals surface area (Å²) >= 11 is 0. The molecule has 6 nitrogen and oxygen atoms in total. The van der Waals surface area contributed by atoms with Crippen molar-refractivity contribution in [1.82, 2.24) is 9.97 Å². The Morgan fingerprint density at radius 3 is 3.04 bits per heavy atom. The lowest BCUT2D eigenvalue weighted by molar-refractivity contribution is -0.128. The fraction of sp³-hybridized carbons (Fsp3) is 0.353. The molecule has 2 N–H and O–H groups in total. The van der Waals surface area contributed by atoms with Crippen molar-refractivity contribution in [3.8, 4) is 0 Å². The average Bonchev–Trinajstić information content (AvgIpc) is 3.13. The minimum Gasteiger partial charge on any atom is -0.468 e. The summed E-state index contributed by atoms with van der Waals surface area (Å²) in [5, 5.41) is 2.92. The number of amides is 1. The van der Waals surface area contributed by atoms with E-state index in [2.05, 4.69) is 26.1 Å². The van der Waals surface area contributed by atoms with E-state index in [1.54, 1.807) is 13.1 Å². The van der Waals surface area contributed by atoms with E-state index >= 15 is 0 Å². The molecular formula is C17H19N3O3. The number of rotatable bonds is 2. The third kappa shape index (κ3) is 2.60. The Balaban J connectivity index is 0.000000276. The van der Waals surface area contributed by atoms with E-state index in [0.29, 0.717) is 13.1 Å². The van der Waals surface area contributed by atoms with Gasteiger partial charge in [-0.05, 0) is 43.9 Å². The summed E-state index contributed by atoms with van der Waals surface area (Å²) < 4.78 is 4.15. The second kappa shape index (κ2) is 6.24. The summed E-state index contributed by atoms with van der Waals surface area (Å²) in [5.74, 6) is 0.838. The quantitative estimate of drug-likeness (QED) is 0.830. The van der Waals surface area contributed by atoms with E-state index in [9.17, 15) is 9.59 Å². The van der Waals surface area contributed by atoms with Crippen molar-refractivity contribution in [2.45, 2.75) is 31.6 Å². The van der Waals surface area contributed by atoms with E-state index < -0.39 is 5.41 Å². The smallest absolute Gasteiger partial charge is 0.293 e. The van der Waals surface area contributed by atoms with Crippen molar-refractivity contribution in [3.05, 3.63) is 47.4 Å². The number of aryl methyl sites for hydroxylation is 1. The Morgan fingerprint density at radius 2 is 2.30 bits per heavy atom. The summed E-state index contributed by atoms with van der Waals surface area (Å²) in [6, 6.07) is 6.02. The van der Waals surface area contributed by atoms with E-state index in [1.807, 2.05) is 18.3 Å². The summed E-state index contributed by atoms with van der Waals surface area (Å²) in [7, 11) is 0. The van der Waals surface area contributed by atoms with Crippen LogP contribution in [-0.4, -0.2) is 29.0 Å². The van der Waals surface area contributed by atoms with Crippen molar-refractivity contribution in [1.29, 1.82) is 0 Å². The van der Waals surface area contributed by atoms with Gasteiger partial charge < -0.3 is 15.0 Å². The maximum absolute atomic E-state index is 12.4. The number of nitrogens with zero attached hydrogens (tertiary/aromatic N) is 1. The molecule has 0 saturated carbocycles. The van der Waals surface area contributed by atoms with Crippen molar-refractivity contribution in [2.24, 2.45) is 0 Å². The Labute approximate surface area is 134 Å². The van der Waals surface area contributed by atoms with Crippen LogP contribution in [0.4, 0.5) is 5.82 Å². The van der Waals surface area contributed by atoms with Gasteiger partial charge in [-0.25, -0.2) is 4.98 Å². The predicted octanol–water partition coefficient (Wildman–Crippen LogP) is 1.97. The standard InChI is InChI=1S/C14H13N3O.C3H6O2/c18-13-14(10-2-1-6-16-12(10)17-13)5-3-11-9(8-14)4-7-15-11;1-2-5-3-4/h1-2,4,6-7,15H,3,5,8H2,(H,16,17,18);3H,2H2,1H3/t14-;/m0./s1. The van der Waals surface area contributed by atoms with Crippen molar-refractivity contribution >= 4 is 18.2 Å². The highest BCUT2D eigenvalue weighted by Gasteiger charge is 2.49. The molecule has 6 heteroatoms. The van der Waals surface area contributed by atoms with Gasteiger partial charge in [-0.2, -0.15) is 0 Å². The highest BCUT2D eigenvalue weighted by molar-refractivity contribution is 6.05. The number of anilines is 1. The first-order chi connectivity index (χ1) is 11.2. The van der Waals surface area contributed by atoms with Crippen LogP contribution in [0.3, 0.4) is 0 Å². The highest BCUT2D eigenvalue weighted by Crippen LogP contribution is 2.45. The topological polar surface area (TPSA) is 84.1 Å². The Morgan fingerprint density at radius 1 is 1.43 bits per heavy atom. The van der Waals surface area contributed by atoms with E-state index in [-0.39, 0.29) is 5.91 Å². The number of hydrogen-bond acceptors (Lipinski definition) is 4. The van der Waals surface area contributed by atoms with Crippen molar-refractivity contribution < 1.29 is 14.3 Å². The number of hydrogen-bond donors (Lipinski definition) is 2. The molecule has 1 aliphatic carbocycles. The first-order valence-corrected chi connectivity index (χ1v) is 7.68. The summed E-state index contributed by atoms with van der Waals surface area (Å²) in [6.07, 6.45) is 6.23. The molecule has 120 valence electrons. The molecule has 0 bridgehead atoms. The zero-order chi connectivity index (χ0) is 16.3. The maximum atomic E-state index is 12.4. The number of H-pyrrole nitrogens is 1. The third-order valence-corrected chi connectivity index (χ3v) is 4.45. The second-order valence-electron chi connectivity index (χ2n) is 5.65.